The van der Waals surface area contributed by atoms with Crippen LogP contribution in [-0.2, 0) is 19.1 Å². The Morgan fingerprint density at radius 2 is 1.80 bits per heavy atom. The number of amides is 2. The predicted molar refractivity (Wildman–Crippen MR) is 133 cm³/mol. The lowest BCUT2D eigenvalue weighted by molar-refractivity contribution is -0.138. The highest BCUT2D eigenvalue weighted by Crippen LogP contribution is 2.31. The van der Waals surface area contributed by atoms with Gasteiger partial charge in [0.05, 0.1) is 6.54 Å². The minimum absolute atomic E-state index is 0.0189. The number of likely N-dealkylation sites (tertiary alicyclic amines) is 1. The third-order valence-corrected chi connectivity index (χ3v) is 7.14. The van der Waals surface area contributed by atoms with Gasteiger partial charge in [-0.1, -0.05) is 20.8 Å². The van der Waals surface area contributed by atoms with Gasteiger partial charge in [0.1, 0.15) is 30.9 Å². The molecular weight excluding hydrogens is 448 g/mol. The lowest BCUT2D eigenvalue weighted by atomic mass is 9.87. The molecule has 1 aromatic rings. The molecule has 0 aromatic heterocycles. The molecule has 4 atom stereocenters. The standard InChI is InChI=1S/C26H38N4O5/c1-26(2,3)14-19(25(33)30-15-21(34-5)23-22(30)20(31)16-35-23)27-24(32)17-6-8-18(9-7-17)29-12-10-28(4)11-13-29/h6-9,19,21-23H,10-16H2,1-5H3,(H,27,32)/t19?,21-,22-,23-/m1/s1. The fraction of sp³-hybridized carbons (Fsp3) is 0.654. The number of carbonyl (C=O) groups excluding carboxylic acids is 3. The summed E-state index contributed by atoms with van der Waals surface area (Å²) in [5.41, 5.74) is 1.38. The summed E-state index contributed by atoms with van der Waals surface area (Å²) < 4.78 is 11.1. The number of carbonyl (C=O) groups is 3. The van der Waals surface area contributed by atoms with Crippen molar-refractivity contribution in [3.8, 4) is 0 Å². The first-order valence-corrected chi connectivity index (χ1v) is 12.4. The van der Waals surface area contributed by atoms with E-state index in [1.54, 1.807) is 12.0 Å². The third kappa shape index (κ3) is 5.68. The van der Waals surface area contributed by atoms with Gasteiger partial charge in [0.2, 0.25) is 5.91 Å². The van der Waals surface area contributed by atoms with Crippen LogP contribution in [0.5, 0.6) is 0 Å². The summed E-state index contributed by atoms with van der Waals surface area (Å²) in [4.78, 5) is 45.5. The minimum Gasteiger partial charge on any atom is -0.377 e. The summed E-state index contributed by atoms with van der Waals surface area (Å²) in [5, 5.41) is 2.96. The summed E-state index contributed by atoms with van der Waals surface area (Å²) in [6.45, 7) is 10.3. The number of rotatable bonds is 6. The van der Waals surface area contributed by atoms with Gasteiger partial charge in [-0.25, -0.2) is 0 Å². The Hall–Kier alpha value is -2.49. The fourth-order valence-electron chi connectivity index (χ4n) is 5.19. The Balaban J connectivity index is 1.48. The molecule has 1 unspecified atom stereocenters. The van der Waals surface area contributed by atoms with E-state index in [1.165, 1.54) is 0 Å². The van der Waals surface area contributed by atoms with Crippen molar-refractivity contribution in [1.29, 1.82) is 0 Å². The normalized spacial score (nSPS) is 26.1. The van der Waals surface area contributed by atoms with E-state index < -0.39 is 18.2 Å². The molecule has 192 valence electrons. The van der Waals surface area contributed by atoms with Crippen molar-refractivity contribution in [2.24, 2.45) is 5.41 Å². The highest BCUT2D eigenvalue weighted by atomic mass is 16.5. The molecule has 3 aliphatic heterocycles. The van der Waals surface area contributed by atoms with Gasteiger partial charge < -0.3 is 29.5 Å². The number of methoxy groups -OCH3 is 1. The van der Waals surface area contributed by atoms with E-state index in [0.29, 0.717) is 12.0 Å². The Kier molecular flexibility index (Phi) is 7.49. The molecule has 3 aliphatic rings. The van der Waals surface area contributed by atoms with Gasteiger partial charge in [-0.05, 0) is 43.1 Å². The van der Waals surface area contributed by atoms with E-state index in [2.05, 4.69) is 22.2 Å². The number of nitrogens with zero attached hydrogens (tertiary/aromatic N) is 3. The molecule has 35 heavy (non-hydrogen) atoms. The average molecular weight is 487 g/mol. The van der Waals surface area contributed by atoms with Crippen LogP contribution in [0.25, 0.3) is 0 Å². The molecule has 2 amide bonds. The number of ketones is 1. The van der Waals surface area contributed by atoms with Crippen LogP contribution in [0.4, 0.5) is 5.69 Å². The molecule has 1 aromatic carbocycles. The van der Waals surface area contributed by atoms with Crippen LogP contribution in [0.1, 0.15) is 37.6 Å². The number of ether oxygens (including phenoxy) is 2. The first-order valence-electron chi connectivity index (χ1n) is 12.4. The van der Waals surface area contributed by atoms with Gasteiger partial charge >= 0.3 is 0 Å². The molecule has 0 radical (unpaired) electrons. The molecule has 0 saturated carbocycles. The molecule has 0 bridgehead atoms. The summed E-state index contributed by atoms with van der Waals surface area (Å²) in [6.07, 6.45) is -0.370. The number of nitrogens with one attached hydrogen (secondary N) is 1. The van der Waals surface area contributed by atoms with Crippen molar-refractivity contribution in [1.82, 2.24) is 15.1 Å². The quantitative estimate of drug-likeness (QED) is 0.645. The van der Waals surface area contributed by atoms with Gasteiger partial charge in [0.25, 0.3) is 5.91 Å². The number of hydrogen-bond donors (Lipinski definition) is 1. The maximum Gasteiger partial charge on any atom is 0.251 e. The van der Waals surface area contributed by atoms with Crippen LogP contribution in [0.3, 0.4) is 0 Å². The van der Waals surface area contributed by atoms with Crippen LogP contribution in [0.15, 0.2) is 24.3 Å². The van der Waals surface area contributed by atoms with Gasteiger partial charge in [0.15, 0.2) is 5.78 Å². The molecule has 9 nitrogen and oxygen atoms in total. The van der Waals surface area contributed by atoms with Crippen molar-refractivity contribution >= 4 is 23.3 Å². The number of likely N-dealkylation sites (N-methyl/N-ethyl adjacent to an activating group) is 1. The second-order valence-electron chi connectivity index (χ2n) is 11.1. The Bertz CT molecular complexity index is 936. The number of Topliss-reactive ketones (excluding diaryl/α,β-unsaturated/α-hetero) is 1. The molecule has 3 fully saturated rings. The van der Waals surface area contributed by atoms with Crippen LogP contribution in [-0.4, -0.2) is 105 Å². The molecular formula is C26H38N4O5. The van der Waals surface area contributed by atoms with E-state index in [1.807, 2.05) is 45.0 Å². The van der Waals surface area contributed by atoms with E-state index in [-0.39, 0.29) is 42.3 Å². The van der Waals surface area contributed by atoms with Gasteiger partial charge in [-0.2, -0.15) is 0 Å². The first kappa shape index (κ1) is 25.6. The molecule has 4 rings (SSSR count). The van der Waals surface area contributed by atoms with E-state index in [9.17, 15) is 14.4 Å². The van der Waals surface area contributed by atoms with Gasteiger partial charge in [-0.3, -0.25) is 14.4 Å². The van der Waals surface area contributed by atoms with Crippen molar-refractivity contribution in [3.63, 3.8) is 0 Å². The van der Waals surface area contributed by atoms with Crippen molar-refractivity contribution in [3.05, 3.63) is 29.8 Å². The number of piperazine rings is 1. The zero-order valence-electron chi connectivity index (χ0n) is 21.5. The molecule has 3 saturated heterocycles. The second kappa shape index (κ2) is 10.2. The molecule has 1 N–H and O–H groups in total. The predicted octanol–water partition coefficient (Wildman–Crippen LogP) is 1.17. The Labute approximate surface area is 207 Å². The smallest absolute Gasteiger partial charge is 0.251 e. The van der Waals surface area contributed by atoms with Crippen molar-refractivity contribution in [2.45, 2.75) is 51.5 Å². The number of hydrogen-bond acceptors (Lipinski definition) is 7. The average Bonchev–Trinajstić information content (AvgIpc) is 3.38. The van der Waals surface area contributed by atoms with E-state index in [4.69, 9.17) is 9.47 Å². The fourth-order valence-corrected chi connectivity index (χ4v) is 5.19. The highest BCUT2D eigenvalue weighted by molar-refractivity contribution is 5.99. The van der Waals surface area contributed by atoms with Gasteiger partial charge in [-0.15, -0.1) is 0 Å². The lowest BCUT2D eigenvalue weighted by Crippen LogP contribution is -2.53. The van der Waals surface area contributed by atoms with Crippen LogP contribution < -0.4 is 10.2 Å². The van der Waals surface area contributed by atoms with Crippen LogP contribution >= 0.6 is 0 Å². The molecule has 9 heteroatoms. The number of benzene rings is 1. The van der Waals surface area contributed by atoms with Gasteiger partial charge in [0, 0.05) is 44.5 Å². The second-order valence-corrected chi connectivity index (χ2v) is 11.1. The first-order chi connectivity index (χ1) is 16.6. The Morgan fingerprint density at radius 3 is 2.40 bits per heavy atom. The zero-order chi connectivity index (χ0) is 25.3. The maximum absolute atomic E-state index is 13.7. The van der Waals surface area contributed by atoms with Crippen molar-refractivity contribution in [2.75, 3.05) is 58.4 Å². The molecule has 0 aliphatic carbocycles. The summed E-state index contributed by atoms with van der Waals surface area (Å²) in [5.74, 6) is -0.690. The molecule has 0 spiro atoms. The number of anilines is 1. The highest BCUT2D eigenvalue weighted by Gasteiger charge is 2.53. The summed E-state index contributed by atoms with van der Waals surface area (Å²) >= 11 is 0. The van der Waals surface area contributed by atoms with Crippen LogP contribution in [0, 0.1) is 5.41 Å². The third-order valence-electron chi connectivity index (χ3n) is 7.14. The van der Waals surface area contributed by atoms with Crippen molar-refractivity contribution < 1.29 is 23.9 Å². The largest absolute Gasteiger partial charge is 0.377 e. The van der Waals surface area contributed by atoms with E-state index >= 15 is 0 Å². The monoisotopic (exact) mass is 486 g/mol. The topological polar surface area (TPSA) is 91.4 Å². The molecule has 3 heterocycles. The zero-order valence-corrected chi connectivity index (χ0v) is 21.5. The summed E-state index contributed by atoms with van der Waals surface area (Å²) in [6, 6.07) is 6.12. The maximum atomic E-state index is 13.7. The van der Waals surface area contributed by atoms with E-state index in [0.717, 1.165) is 31.9 Å². The number of fused-ring (bicyclic) bond motifs is 1. The van der Waals surface area contributed by atoms with Crippen LogP contribution in [0.2, 0.25) is 0 Å². The lowest BCUT2D eigenvalue weighted by Gasteiger charge is -2.34. The minimum atomic E-state index is -0.760. The SMILES string of the molecule is CO[C@@H]1CN(C(=O)C(CC(C)(C)C)NC(=O)c2ccc(N3CCN(C)CC3)cc2)[C@@H]2C(=O)CO[C@@H]21. The Morgan fingerprint density at radius 1 is 1.14 bits per heavy atom. The summed E-state index contributed by atoms with van der Waals surface area (Å²) in [7, 11) is 3.68.